The van der Waals surface area contributed by atoms with Crippen molar-refractivity contribution in [2.45, 2.75) is 6.92 Å². The van der Waals surface area contributed by atoms with Crippen LogP contribution in [0.25, 0.3) is 0 Å². The molecule has 0 rings (SSSR count). The van der Waals surface area contributed by atoms with Crippen LogP contribution in [0, 0.1) is 0 Å². The van der Waals surface area contributed by atoms with Crippen molar-refractivity contribution in [2.24, 2.45) is 0 Å². The Morgan fingerprint density at radius 1 is 1.57 bits per heavy atom. The van der Waals surface area contributed by atoms with E-state index in [1.54, 1.807) is 0 Å². The molecule has 0 unspecified atom stereocenters. The Labute approximate surface area is 107 Å². The fraction of sp³-hybridized carbons (Fsp3) is 0.500. The molecule has 0 aliphatic carbocycles. The van der Waals surface area contributed by atoms with Crippen LogP contribution in [-0.2, 0) is 4.79 Å². The minimum Gasteiger partial charge on any atom is 0.316 e. The van der Waals surface area contributed by atoms with Crippen LogP contribution in [-0.4, -0.2) is 85.5 Å². The molecular formula is C2H8ClKMgO2. The number of halogens is 1. The van der Waals surface area contributed by atoms with Crippen molar-refractivity contribution in [3.8, 4) is 0 Å². The van der Waals surface area contributed by atoms with Gasteiger partial charge in [0.15, 0.2) is 0 Å². The fourth-order valence-electron chi connectivity index (χ4n) is 0. The predicted molar refractivity (Wildman–Crippen MR) is 36.3 cm³/mol. The third-order valence-electron chi connectivity index (χ3n) is 0. The van der Waals surface area contributed by atoms with Crippen LogP contribution in [0.5, 0.6) is 0 Å². The van der Waals surface area contributed by atoms with E-state index in [2.05, 4.69) is 0 Å². The van der Waals surface area contributed by atoms with Crippen LogP contribution in [0.3, 0.4) is 0 Å². The van der Waals surface area contributed by atoms with E-state index in [0.717, 1.165) is 6.92 Å². The van der Waals surface area contributed by atoms with Gasteiger partial charge in [-0.2, -0.15) is 0 Å². The Morgan fingerprint density at radius 2 is 1.57 bits per heavy atom. The van der Waals surface area contributed by atoms with Crippen LogP contribution in [0.2, 0.25) is 0 Å². The molecule has 2 nitrogen and oxygen atoms in total. The second-order valence-electron chi connectivity index (χ2n) is 0.519. The van der Waals surface area contributed by atoms with Gasteiger partial charge in [-0.3, -0.25) is 4.79 Å². The first-order valence-corrected chi connectivity index (χ1v) is 0.928. The Morgan fingerprint density at radius 3 is 1.57 bits per heavy atom. The number of carboxylic acids is 1. The molecule has 0 aliphatic heterocycles. The molecule has 0 bridgehead atoms. The van der Waals surface area contributed by atoms with E-state index in [0.29, 0.717) is 0 Å². The summed E-state index contributed by atoms with van der Waals surface area (Å²) in [6.45, 7) is 1.08. The van der Waals surface area contributed by atoms with E-state index in [1.807, 2.05) is 0 Å². The predicted octanol–water partition coefficient (Wildman–Crippen LogP) is -1.05. The summed E-state index contributed by atoms with van der Waals surface area (Å²) in [6, 6.07) is 0. The first-order valence-electron chi connectivity index (χ1n) is 0.928. The first-order chi connectivity index (χ1) is 1.73. The second kappa shape index (κ2) is 15.7. The smallest absolute Gasteiger partial charge is 0.316 e. The Kier molecular flexibility index (Phi) is 51.4. The summed E-state index contributed by atoms with van der Waals surface area (Å²) in [7, 11) is 0. The topological polar surface area (TPSA) is 37.3 Å². The number of hydrogen-bond donors (Lipinski definition) is 1. The zero-order valence-corrected chi connectivity index (χ0v) is 3.58. The van der Waals surface area contributed by atoms with Crippen LogP contribution < -0.4 is 0 Å². The monoisotopic (exact) mass is 162 g/mol. The second-order valence-corrected chi connectivity index (χ2v) is 0.519. The summed E-state index contributed by atoms with van der Waals surface area (Å²) in [5.74, 6) is -0.833. The zero-order chi connectivity index (χ0) is 3.58. The van der Waals surface area contributed by atoms with E-state index in [-0.39, 0.29) is 86.8 Å². The van der Waals surface area contributed by atoms with E-state index < -0.39 is 5.97 Å². The minimum atomic E-state index is -0.833. The van der Waals surface area contributed by atoms with Gasteiger partial charge >= 0.3 is 74.4 Å². The van der Waals surface area contributed by atoms with Crippen LogP contribution in [0.1, 0.15) is 6.92 Å². The largest absolute Gasteiger partial charge is 0.316 e. The molecule has 0 aromatic rings. The average Bonchev–Trinajstić information content (AvgIpc) is 0.811. The maximum atomic E-state index is 9.00. The molecule has 1 N–H and O–H groups in total. The summed E-state index contributed by atoms with van der Waals surface area (Å²) < 4.78 is 0. The normalized spacial score (nSPS) is 3.57. The Bertz CT molecular complexity index is 38.7. The number of rotatable bonds is 0. The molecule has 0 atom stereocenters. The molecule has 0 fully saturated rings. The summed E-state index contributed by atoms with van der Waals surface area (Å²) in [5, 5.41) is 7.42. The molecule has 5 heteroatoms. The molecule has 0 saturated carbocycles. The van der Waals surface area contributed by atoms with Gasteiger partial charge in [0.1, 0.15) is 0 Å². The molecule has 0 spiro atoms. The van der Waals surface area contributed by atoms with Crippen LogP contribution in [0.4, 0.5) is 0 Å². The maximum Gasteiger partial charge on any atom is 0.316 e. The molecule has 0 amide bonds. The molecule has 0 radical (unpaired) electrons. The molecule has 7 heavy (non-hydrogen) atoms. The van der Waals surface area contributed by atoms with Crippen LogP contribution in [0.15, 0.2) is 0 Å². The van der Waals surface area contributed by atoms with Crippen molar-refractivity contribution in [1.82, 2.24) is 0 Å². The fourth-order valence-corrected chi connectivity index (χ4v) is 0. The van der Waals surface area contributed by atoms with Gasteiger partial charge in [-0.05, 0) is 0 Å². The Balaban J connectivity index is -0.0000000150. The summed E-state index contributed by atoms with van der Waals surface area (Å²) >= 11 is 0. The average molecular weight is 163 g/mol. The van der Waals surface area contributed by atoms with Gasteiger partial charge in [0.05, 0.1) is 0 Å². The van der Waals surface area contributed by atoms with Crippen molar-refractivity contribution < 1.29 is 9.90 Å². The number of hydrogen-bond acceptors (Lipinski definition) is 1. The van der Waals surface area contributed by atoms with Crippen molar-refractivity contribution in [1.29, 1.82) is 0 Å². The van der Waals surface area contributed by atoms with Crippen molar-refractivity contribution in [3.05, 3.63) is 0 Å². The van der Waals surface area contributed by atoms with Crippen molar-refractivity contribution in [3.63, 3.8) is 0 Å². The minimum absolute atomic E-state index is 0. The number of aliphatic carboxylic acids is 1. The molecule has 0 aromatic carbocycles. The Hall–Kier alpha value is 2.16. The van der Waals surface area contributed by atoms with Gasteiger partial charge in [0.2, 0.25) is 0 Å². The summed E-state index contributed by atoms with van der Waals surface area (Å²) in [4.78, 5) is 9.00. The molecule has 0 saturated heterocycles. The number of carboxylic acid groups (broad SMARTS) is 1. The van der Waals surface area contributed by atoms with Gasteiger partial charge in [-0.25, -0.2) is 0 Å². The van der Waals surface area contributed by atoms with Gasteiger partial charge < -0.3 is 5.11 Å². The molecular weight excluding hydrogens is 155 g/mol. The third-order valence-corrected chi connectivity index (χ3v) is 0. The summed E-state index contributed by atoms with van der Waals surface area (Å²) in [6.07, 6.45) is 0. The maximum absolute atomic E-state index is 9.00. The van der Waals surface area contributed by atoms with E-state index >= 15 is 0 Å². The molecule has 0 aliphatic rings. The van der Waals surface area contributed by atoms with Gasteiger partial charge in [-0.1, -0.05) is 0 Å². The van der Waals surface area contributed by atoms with Crippen molar-refractivity contribution >= 4 is 92.8 Å². The van der Waals surface area contributed by atoms with Gasteiger partial charge in [0, 0.05) is 6.92 Å². The van der Waals surface area contributed by atoms with Crippen molar-refractivity contribution in [2.75, 3.05) is 0 Å². The third kappa shape index (κ3) is 66.3. The van der Waals surface area contributed by atoms with Gasteiger partial charge in [0.25, 0.3) is 5.97 Å². The first kappa shape index (κ1) is 22.9. The zero-order valence-electron chi connectivity index (χ0n) is 2.76. The van der Waals surface area contributed by atoms with E-state index in [4.69, 9.17) is 9.90 Å². The van der Waals surface area contributed by atoms with E-state index in [1.165, 1.54) is 0 Å². The SMILES string of the molecule is CC(=O)O.Cl.[KH].[MgH2]. The molecule has 38 valence electrons. The number of carbonyl (C=O) groups is 1. The molecule has 0 heterocycles. The van der Waals surface area contributed by atoms with Gasteiger partial charge in [-0.15, -0.1) is 12.4 Å². The summed E-state index contributed by atoms with van der Waals surface area (Å²) in [5.41, 5.74) is 0. The standard InChI is InChI=1S/C2H4O2.ClH.K.Mg.3H/c1-2(3)4;;;;;;/h1H3,(H,3,4);1H;;;;;. The molecule has 0 aromatic heterocycles. The van der Waals surface area contributed by atoms with Crippen LogP contribution >= 0.6 is 12.4 Å². The van der Waals surface area contributed by atoms with E-state index in [9.17, 15) is 0 Å². The quantitative estimate of drug-likeness (QED) is 0.462.